The standard InChI is InChI=1S/C32H24BrNO3/c1-18-8-7-13-26(19(18)2)37-21-16-14-20(15-17-21)34-30(35)28-27-22-9-3-5-11-24(22)32(33,29(28)31(34)36)25-12-6-4-10-23(25)27/h3-17,27-29H,1-2H3/t27?,28-,29-,32?/m1/s1. The number of aryl methyl sites for hydroxylation is 1. The average molecular weight is 550 g/mol. The van der Waals surface area contributed by atoms with E-state index in [0.717, 1.165) is 39.1 Å². The topological polar surface area (TPSA) is 46.6 Å². The number of rotatable bonds is 3. The number of anilines is 1. The summed E-state index contributed by atoms with van der Waals surface area (Å²) >= 11 is 4.05. The van der Waals surface area contributed by atoms with Gasteiger partial charge in [-0.3, -0.25) is 9.59 Å². The highest BCUT2D eigenvalue weighted by Crippen LogP contribution is 2.66. The number of amides is 2. The van der Waals surface area contributed by atoms with E-state index in [9.17, 15) is 9.59 Å². The minimum atomic E-state index is -0.743. The third kappa shape index (κ3) is 2.95. The summed E-state index contributed by atoms with van der Waals surface area (Å²) in [5.74, 6) is 0.0275. The second kappa shape index (κ2) is 7.90. The van der Waals surface area contributed by atoms with Crippen molar-refractivity contribution in [1.82, 2.24) is 0 Å². The lowest BCUT2D eigenvalue weighted by Crippen LogP contribution is -2.50. The molecule has 0 N–H and O–H groups in total. The maximum Gasteiger partial charge on any atom is 0.239 e. The van der Waals surface area contributed by atoms with Gasteiger partial charge in [0.15, 0.2) is 0 Å². The van der Waals surface area contributed by atoms with E-state index in [1.54, 1.807) is 12.1 Å². The van der Waals surface area contributed by atoms with Crippen molar-refractivity contribution < 1.29 is 14.3 Å². The molecule has 4 aliphatic rings. The van der Waals surface area contributed by atoms with Crippen LogP contribution < -0.4 is 9.64 Å². The molecular formula is C32H24BrNO3. The van der Waals surface area contributed by atoms with Crippen molar-refractivity contribution in [2.75, 3.05) is 4.90 Å². The van der Waals surface area contributed by atoms with Gasteiger partial charge in [0.05, 0.1) is 21.8 Å². The van der Waals surface area contributed by atoms with Gasteiger partial charge in [0, 0.05) is 5.92 Å². The Morgan fingerprint density at radius 1 is 0.757 bits per heavy atom. The first-order chi connectivity index (χ1) is 17.9. The van der Waals surface area contributed by atoms with E-state index < -0.39 is 16.2 Å². The van der Waals surface area contributed by atoms with Gasteiger partial charge in [0.1, 0.15) is 11.5 Å². The molecule has 0 saturated carbocycles. The average Bonchev–Trinajstić information content (AvgIpc) is 3.19. The van der Waals surface area contributed by atoms with Crippen LogP contribution in [0.4, 0.5) is 5.69 Å². The Hall–Kier alpha value is -3.70. The number of hydrogen-bond acceptors (Lipinski definition) is 3. The van der Waals surface area contributed by atoms with Crippen LogP contribution in [0.1, 0.15) is 39.3 Å². The molecule has 8 rings (SSSR count). The number of benzene rings is 4. The molecule has 4 aromatic carbocycles. The molecule has 4 nitrogen and oxygen atoms in total. The molecule has 1 saturated heterocycles. The molecule has 182 valence electrons. The first kappa shape index (κ1) is 22.5. The second-order valence-corrected chi connectivity index (χ2v) is 11.4. The summed E-state index contributed by atoms with van der Waals surface area (Å²) in [7, 11) is 0. The number of nitrogens with zero attached hydrogens (tertiary/aromatic N) is 1. The number of hydrogen-bond donors (Lipinski definition) is 0. The summed E-state index contributed by atoms with van der Waals surface area (Å²) in [6.07, 6.45) is 0. The molecule has 5 heteroatoms. The minimum Gasteiger partial charge on any atom is -0.457 e. The lowest BCUT2D eigenvalue weighted by molar-refractivity contribution is -0.122. The second-order valence-electron chi connectivity index (χ2n) is 10.2. The zero-order chi connectivity index (χ0) is 25.5. The Morgan fingerprint density at radius 3 is 2.03 bits per heavy atom. The fourth-order valence-corrected chi connectivity index (χ4v) is 7.76. The molecule has 3 aliphatic carbocycles. The van der Waals surface area contributed by atoms with Gasteiger partial charge in [-0.25, -0.2) is 4.90 Å². The Morgan fingerprint density at radius 2 is 1.38 bits per heavy atom. The first-order valence-electron chi connectivity index (χ1n) is 12.5. The van der Waals surface area contributed by atoms with Crippen molar-refractivity contribution in [3.05, 3.63) is 124 Å². The van der Waals surface area contributed by atoms with Crippen LogP contribution in [0.2, 0.25) is 0 Å². The Balaban J connectivity index is 1.28. The van der Waals surface area contributed by atoms with E-state index in [2.05, 4.69) is 53.2 Å². The van der Waals surface area contributed by atoms with Crippen LogP contribution in [0.15, 0.2) is 91.0 Å². The fourth-order valence-electron chi connectivity index (χ4n) is 6.56. The van der Waals surface area contributed by atoms with Gasteiger partial charge < -0.3 is 4.74 Å². The lowest BCUT2D eigenvalue weighted by atomic mass is 9.55. The third-order valence-electron chi connectivity index (χ3n) is 8.39. The number of alkyl halides is 1. The van der Waals surface area contributed by atoms with Gasteiger partial charge in [-0.05, 0) is 77.6 Å². The predicted octanol–water partition coefficient (Wildman–Crippen LogP) is 7.00. The molecule has 1 fully saturated rings. The summed E-state index contributed by atoms with van der Waals surface area (Å²) in [5, 5.41) is 0. The van der Waals surface area contributed by atoms with Crippen molar-refractivity contribution in [2.45, 2.75) is 24.1 Å². The smallest absolute Gasteiger partial charge is 0.239 e. The summed E-state index contributed by atoms with van der Waals surface area (Å²) in [5.41, 5.74) is 7.23. The van der Waals surface area contributed by atoms with Crippen LogP contribution in [0.25, 0.3) is 0 Å². The summed E-state index contributed by atoms with van der Waals surface area (Å²) < 4.78 is 5.36. The van der Waals surface area contributed by atoms with E-state index in [-0.39, 0.29) is 17.7 Å². The van der Waals surface area contributed by atoms with Crippen molar-refractivity contribution >= 4 is 33.4 Å². The van der Waals surface area contributed by atoms with Gasteiger partial charge in [-0.15, -0.1) is 0 Å². The van der Waals surface area contributed by atoms with Crippen molar-refractivity contribution in [3.8, 4) is 11.5 Å². The van der Waals surface area contributed by atoms with Crippen LogP contribution in [0.3, 0.4) is 0 Å². The number of ether oxygens (including phenoxy) is 1. The molecule has 0 unspecified atom stereocenters. The third-order valence-corrected chi connectivity index (χ3v) is 9.74. The van der Waals surface area contributed by atoms with Gasteiger partial charge >= 0.3 is 0 Å². The van der Waals surface area contributed by atoms with Gasteiger partial charge in [-0.1, -0.05) is 76.6 Å². The van der Waals surface area contributed by atoms with Crippen LogP contribution in [0, 0.1) is 25.7 Å². The van der Waals surface area contributed by atoms with E-state index in [4.69, 9.17) is 4.74 Å². The van der Waals surface area contributed by atoms with Gasteiger partial charge in [0.2, 0.25) is 11.8 Å². The first-order valence-corrected chi connectivity index (χ1v) is 13.3. The quantitative estimate of drug-likeness (QED) is 0.204. The SMILES string of the molecule is Cc1cccc(Oc2ccc(N3C(=O)[C@@H]4C5c6ccccc6C(Br)(c6ccccc65)[C@H]4C3=O)cc2)c1C. The van der Waals surface area contributed by atoms with Crippen molar-refractivity contribution in [3.63, 3.8) is 0 Å². The zero-order valence-corrected chi connectivity index (χ0v) is 22.0. The molecule has 2 atom stereocenters. The van der Waals surface area contributed by atoms with Crippen LogP contribution in [-0.2, 0) is 13.9 Å². The lowest BCUT2D eigenvalue weighted by Gasteiger charge is -2.51. The molecule has 37 heavy (non-hydrogen) atoms. The highest BCUT2D eigenvalue weighted by molar-refractivity contribution is 9.09. The molecular weight excluding hydrogens is 526 g/mol. The Labute approximate surface area is 224 Å². The highest BCUT2D eigenvalue weighted by atomic mass is 79.9. The molecule has 2 amide bonds. The number of imide groups is 1. The van der Waals surface area contributed by atoms with Crippen molar-refractivity contribution in [2.24, 2.45) is 11.8 Å². The maximum absolute atomic E-state index is 14.1. The molecule has 4 aromatic rings. The van der Waals surface area contributed by atoms with Crippen LogP contribution in [0.5, 0.6) is 11.5 Å². The van der Waals surface area contributed by atoms with Gasteiger partial charge in [0.25, 0.3) is 0 Å². The molecule has 2 bridgehead atoms. The largest absolute Gasteiger partial charge is 0.457 e. The number of halogens is 1. The summed E-state index contributed by atoms with van der Waals surface area (Å²) in [6.45, 7) is 4.08. The Kier molecular flexibility index (Phi) is 4.80. The fraction of sp³-hybridized carbons (Fsp3) is 0.188. The molecule has 1 heterocycles. The van der Waals surface area contributed by atoms with E-state index >= 15 is 0 Å². The van der Waals surface area contributed by atoms with Gasteiger partial charge in [-0.2, -0.15) is 0 Å². The van der Waals surface area contributed by atoms with E-state index in [1.165, 1.54) is 4.90 Å². The highest BCUT2D eigenvalue weighted by Gasteiger charge is 2.67. The molecule has 1 aliphatic heterocycles. The minimum absolute atomic E-state index is 0.143. The molecule has 0 spiro atoms. The summed E-state index contributed by atoms with van der Waals surface area (Å²) in [6, 6.07) is 29.6. The predicted molar refractivity (Wildman–Crippen MR) is 146 cm³/mol. The van der Waals surface area contributed by atoms with E-state index in [0.29, 0.717) is 11.4 Å². The number of carbonyl (C=O) groups excluding carboxylic acids is 2. The Bertz CT molecular complexity index is 1560. The summed E-state index contributed by atoms with van der Waals surface area (Å²) in [4.78, 5) is 29.5. The molecule has 0 radical (unpaired) electrons. The maximum atomic E-state index is 14.1. The normalized spacial score (nSPS) is 25.1. The van der Waals surface area contributed by atoms with E-state index in [1.807, 2.05) is 55.5 Å². The van der Waals surface area contributed by atoms with Crippen LogP contribution in [-0.4, -0.2) is 11.8 Å². The van der Waals surface area contributed by atoms with Crippen LogP contribution >= 0.6 is 15.9 Å². The molecule has 0 aromatic heterocycles. The zero-order valence-electron chi connectivity index (χ0n) is 20.4. The number of carbonyl (C=O) groups is 2. The van der Waals surface area contributed by atoms with Crippen molar-refractivity contribution in [1.29, 1.82) is 0 Å². The monoisotopic (exact) mass is 549 g/mol.